The molecule has 0 saturated heterocycles. The molecule has 4 nitrogen and oxygen atoms in total. The Morgan fingerprint density at radius 1 is 0.774 bits per heavy atom. The quantitative estimate of drug-likeness (QED) is 0.493. The molecular weight excluding hydrogens is 380 g/mol. The van der Waals surface area contributed by atoms with Gasteiger partial charge in [0.15, 0.2) is 10.8 Å². The Morgan fingerprint density at radius 2 is 1.29 bits per heavy atom. The van der Waals surface area contributed by atoms with Gasteiger partial charge in [0.05, 0.1) is 24.3 Å². The van der Waals surface area contributed by atoms with E-state index in [1.165, 1.54) is 22.3 Å². The van der Waals surface area contributed by atoms with Gasteiger partial charge in [-0.2, -0.15) is 21.0 Å². The summed E-state index contributed by atoms with van der Waals surface area (Å²) in [5, 5.41) is 40.0. The Hall–Kier alpha value is -2.82. The number of hydrogen-bond donors (Lipinski definition) is 0. The average molecular weight is 413 g/mol. The molecule has 0 bridgehead atoms. The van der Waals surface area contributed by atoms with E-state index in [2.05, 4.69) is 51.1 Å². The highest BCUT2D eigenvalue weighted by Gasteiger charge is 2.77. The third-order valence-electron chi connectivity index (χ3n) is 7.64. The van der Waals surface area contributed by atoms with Gasteiger partial charge < -0.3 is 0 Å². The SMILES string of the molecule is CCCCc1cc2c(c(CCCC)c1CCCC)C1C(C2)C(C#N)(C#N)C1(C#N)C#N. The van der Waals surface area contributed by atoms with E-state index in [0.717, 1.165) is 63.4 Å². The van der Waals surface area contributed by atoms with E-state index >= 15 is 0 Å². The van der Waals surface area contributed by atoms with Crippen molar-refractivity contribution in [2.45, 2.75) is 90.9 Å². The van der Waals surface area contributed by atoms with Crippen molar-refractivity contribution < 1.29 is 0 Å². The van der Waals surface area contributed by atoms with Crippen LogP contribution < -0.4 is 0 Å². The summed E-state index contributed by atoms with van der Waals surface area (Å²) in [6.07, 6.45) is 10.3. The fourth-order valence-corrected chi connectivity index (χ4v) is 6.00. The predicted octanol–water partition coefficient (Wildman–Crippen LogP) is 6.05. The zero-order valence-electron chi connectivity index (χ0n) is 19.1. The fourth-order valence-electron chi connectivity index (χ4n) is 6.00. The number of hydrogen-bond acceptors (Lipinski definition) is 4. The summed E-state index contributed by atoms with van der Waals surface area (Å²) in [5.74, 6) is -0.595. The molecule has 3 rings (SSSR count). The molecule has 1 saturated carbocycles. The molecule has 1 aromatic carbocycles. The number of benzene rings is 1. The van der Waals surface area contributed by atoms with Crippen LogP contribution in [0.15, 0.2) is 6.07 Å². The minimum atomic E-state index is -1.58. The van der Waals surface area contributed by atoms with Crippen molar-refractivity contribution in [1.82, 2.24) is 0 Å². The normalized spacial score (nSPS) is 21.5. The smallest absolute Gasteiger partial charge is 0.182 e. The second-order valence-corrected chi connectivity index (χ2v) is 9.23. The van der Waals surface area contributed by atoms with Gasteiger partial charge in [0, 0.05) is 11.8 Å². The fraction of sp³-hybridized carbons (Fsp3) is 0.630. The van der Waals surface area contributed by atoms with Crippen molar-refractivity contribution in [3.63, 3.8) is 0 Å². The van der Waals surface area contributed by atoms with Crippen LogP contribution in [0, 0.1) is 62.1 Å². The standard InChI is InChI=1S/C27H32N4/c1-4-7-10-19-13-20-14-23-25(27(17-30,18-31)26(23,15-28)16-29)24(20)22(12-9-6-3)21(19)11-8-5-2/h13,23,25H,4-12,14H2,1-3H3. The summed E-state index contributed by atoms with van der Waals surface area (Å²) in [6.45, 7) is 6.60. The van der Waals surface area contributed by atoms with Gasteiger partial charge in [0.25, 0.3) is 0 Å². The molecule has 160 valence electrons. The molecule has 31 heavy (non-hydrogen) atoms. The lowest BCUT2D eigenvalue weighted by Crippen LogP contribution is -2.60. The zero-order valence-corrected chi connectivity index (χ0v) is 19.1. The van der Waals surface area contributed by atoms with Gasteiger partial charge >= 0.3 is 0 Å². The van der Waals surface area contributed by atoms with Crippen molar-refractivity contribution in [3.8, 4) is 24.3 Å². The lowest BCUT2D eigenvalue weighted by Gasteiger charge is -2.53. The molecule has 0 aromatic heterocycles. The van der Waals surface area contributed by atoms with Crippen LogP contribution in [0.25, 0.3) is 0 Å². The maximum absolute atomic E-state index is 10.1. The largest absolute Gasteiger partial charge is 0.196 e. The minimum Gasteiger partial charge on any atom is -0.196 e. The van der Waals surface area contributed by atoms with Crippen LogP contribution in [0.5, 0.6) is 0 Å². The van der Waals surface area contributed by atoms with Gasteiger partial charge in [-0.1, -0.05) is 46.1 Å². The Kier molecular flexibility index (Phi) is 6.73. The molecule has 0 spiro atoms. The number of fused-ring (bicyclic) bond motifs is 3. The maximum Gasteiger partial charge on any atom is 0.182 e. The number of nitriles is 4. The molecule has 2 aliphatic carbocycles. The highest BCUT2D eigenvalue weighted by molar-refractivity contribution is 5.61. The molecule has 0 radical (unpaired) electrons. The molecule has 0 heterocycles. The van der Waals surface area contributed by atoms with E-state index in [0.29, 0.717) is 6.42 Å². The number of unbranched alkanes of at least 4 members (excludes halogenated alkanes) is 3. The number of rotatable bonds is 9. The molecule has 0 N–H and O–H groups in total. The Bertz CT molecular complexity index is 980. The van der Waals surface area contributed by atoms with Gasteiger partial charge in [-0.3, -0.25) is 0 Å². The van der Waals surface area contributed by atoms with Crippen LogP contribution in [0.4, 0.5) is 0 Å². The van der Waals surface area contributed by atoms with Crippen LogP contribution in [-0.4, -0.2) is 0 Å². The van der Waals surface area contributed by atoms with Gasteiger partial charge in [0.2, 0.25) is 0 Å². The van der Waals surface area contributed by atoms with Crippen LogP contribution in [0.1, 0.15) is 93.0 Å². The first-order chi connectivity index (χ1) is 15.0. The molecular formula is C27H32N4. The highest BCUT2D eigenvalue weighted by Crippen LogP contribution is 2.72. The van der Waals surface area contributed by atoms with Gasteiger partial charge in [-0.25, -0.2) is 0 Å². The van der Waals surface area contributed by atoms with Crippen LogP contribution in [0.3, 0.4) is 0 Å². The van der Waals surface area contributed by atoms with Crippen LogP contribution in [-0.2, 0) is 25.7 Å². The summed E-state index contributed by atoms with van der Waals surface area (Å²) in [6, 6.07) is 10.8. The molecule has 1 fully saturated rings. The van der Waals surface area contributed by atoms with Crippen molar-refractivity contribution in [2.24, 2.45) is 16.7 Å². The van der Waals surface area contributed by atoms with E-state index in [9.17, 15) is 21.0 Å². The average Bonchev–Trinajstić information content (AvgIpc) is 3.13. The summed E-state index contributed by atoms with van der Waals surface area (Å²) >= 11 is 0. The Balaban J connectivity index is 2.25. The zero-order chi connectivity index (χ0) is 22.6. The van der Waals surface area contributed by atoms with Crippen LogP contribution >= 0.6 is 0 Å². The lowest BCUT2D eigenvalue weighted by molar-refractivity contribution is 0.00943. The number of aryl methyl sites for hydroxylation is 1. The van der Waals surface area contributed by atoms with E-state index in [1.807, 2.05) is 0 Å². The third kappa shape index (κ3) is 3.13. The molecule has 2 aliphatic rings. The maximum atomic E-state index is 10.1. The van der Waals surface area contributed by atoms with Crippen molar-refractivity contribution >= 4 is 0 Å². The van der Waals surface area contributed by atoms with E-state index in [-0.39, 0.29) is 11.8 Å². The Morgan fingerprint density at radius 3 is 1.81 bits per heavy atom. The monoisotopic (exact) mass is 412 g/mol. The number of nitrogens with zero attached hydrogens (tertiary/aromatic N) is 4. The first-order valence-corrected chi connectivity index (χ1v) is 11.9. The first-order valence-electron chi connectivity index (χ1n) is 11.9. The molecule has 1 aromatic rings. The Labute approximate surface area is 187 Å². The topological polar surface area (TPSA) is 95.2 Å². The third-order valence-corrected chi connectivity index (χ3v) is 7.64. The van der Waals surface area contributed by atoms with Gasteiger partial charge in [0.1, 0.15) is 0 Å². The first kappa shape index (κ1) is 22.9. The van der Waals surface area contributed by atoms with E-state index in [1.54, 1.807) is 0 Å². The van der Waals surface area contributed by atoms with Crippen molar-refractivity contribution in [1.29, 1.82) is 21.0 Å². The highest BCUT2D eigenvalue weighted by atomic mass is 14.7. The molecule has 2 atom stereocenters. The summed E-state index contributed by atoms with van der Waals surface area (Å²) < 4.78 is 0. The van der Waals surface area contributed by atoms with Crippen molar-refractivity contribution in [2.75, 3.05) is 0 Å². The summed E-state index contributed by atoms with van der Waals surface area (Å²) in [5.41, 5.74) is 3.32. The predicted molar refractivity (Wildman–Crippen MR) is 120 cm³/mol. The van der Waals surface area contributed by atoms with Gasteiger partial charge in [-0.05, 0) is 72.8 Å². The minimum absolute atomic E-state index is 0.266. The molecule has 0 aliphatic heterocycles. The van der Waals surface area contributed by atoms with E-state index in [4.69, 9.17) is 0 Å². The molecule has 0 amide bonds. The molecule has 2 unspecified atom stereocenters. The van der Waals surface area contributed by atoms with E-state index < -0.39 is 10.8 Å². The van der Waals surface area contributed by atoms with Crippen LogP contribution in [0.2, 0.25) is 0 Å². The molecule has 4 heteroatoms. The second kappa shape index (κ2) is 9.13. The van der Waals surface area contributed by atoms with Gasteiger partial charge in [-0.15, -0.1) is 0 Å². The lowest BCUT2D eigenvalue weighted by atomic mass is 9.40. The second-order valence-electron chi connectivity index (χ2n) is 9.23. The van der Waals surface area contributed by atoms with Crippen molar-refractivity contribution in [3.05, 3.63) is 33.9 Å². The summed E-state index contributed by atoms with van der Waals surface area (Å²) in [7, 11) is 0. The summed E-state index contributed by atoms with van der Waals surface area (Å²) in [4.78, 5) is 0.